The van der Waals surface area contributed by atoms with E-state index in [1.807, 2.05) is 36.4 Å². The summed E-state index contributed by atoms with van der Waals surface area (Å²) in [5.41, 5.74) is 1.56. The Morgan fingerprint density at radius 3 is 2.69 bits per heavy atom. The van der Waals surface area contributed by atoms with Gasteiger partial charge in [-0.15, -0.1) is 0 Å². The number of aromatic hydroxyl groups is 1. The zero-order valence-corrected chi connectivity index (χ0v) is 21.1. The molecule has 2 saturated carbocycles. The summed E-state index contributed by atoms with van der Waals surface area (Å²) in [6.07, 6.45) is 9.13. The molecular formula is C31H35NO4. The van der Waals surface area contributed by atoms with Crippen molar-refractivity contribution in [2.75, 3.05) is 20.2 Å². The lowest BCUT2D eigenvalue weighted by Gasteiger charge is -2.74. The van der Waals surface area contributed by atoms with Crippen LogP contribution in [0.25, 0.3) is 0 Å². The molecule has 7 atom stereocenters. The molecule has 0 aromatic heterocycles. The molecule has 2 N–H and O–H groups in total. The summed E-state index contributed by atoms with van der Waals surface area (Å²) in [7, 11) is 1.77. The smallest absolute Gasteiger partial charge is 0.165 e. The predicted octanol–water partition coefficient (Wildman–Crippen LogP) is 4.52. The standard InChI is InChI=1S/C31H35NO4/c1-28(26(34)20-6-4-3-5-7-20)18-29-12-13-31(28,35-2)27-30(29)14-15-32(17-19-8-9-19)23(29)16-21-10-11-22(33)25(36-27)24(21)30/h3-7,10-13,19,23,26-27,33-34H,8-9,14-18H2,1-2H3/t23-,26-,27-,28-,29-,30+,31+/m1/s1. The number of benzene rings is 2. The van der Waals surface area contributed by atoms with Crippen LogP contribution in [0.2, 0.25) is 0 Å². The molecule has 0 radical (unpaired) electrons. The fraction of sp³-hybridized carbons (Fsp3) is 0.548. The van der Waals surface area contributed by atoms with E-state index < -0.39 is 17.1 Å². The molecule has 0 amide bonds. The summed E-state index contributed by atoms with van der Waals surface area (Å²) in [5, 5.41) is 23.1. The number of nitrogens with zero attached hydrogens (tertiary/aromatic N) is 1. The van der Waals surface area contributed by atoms with E-state index in [1.165, 1.54) is 24.0 Å². The number of rotatable bonds is 5. The van der Waals surface area contributed by atoms with Gasteiger partial charge in [0.15, 0.2) is 11.5 Å². The van der Waals surface area contributed by atoms with E-state index in [-0.39, 0.29) is 22.7 Å². The van der Waals surface area contributed by atoms with Gasteiger partial charge in [-0.3, -0.25) is 4.90 Å². The zero-order valence-electron chi connectivity index (χ0n) is 21.1. The molecule has 36 heavy (non-hydrogen) atoms. The van der Waals surface area contributed by atoms with Crippen molar-refractivity contribution in [3.63, 3.8) is 0 Å². The summed E-state index contributed by atoms with van der Waals surface area (Å²) >= 11 is 0. The highest BCUT2D eigenvalue weighted by Gasteiger charge is 2.82. The Kier molecular flexibility index (Phi) is 4.07. The summed E-state index contributed by atoms with van der Waals surface area (Å²) in [4.78, 5) is 2.76. The van der Waals surface area contributed by atoms with Crippen molar-refractivity contribution < 1.29 is 19.7 Å². The fourth-order valence-corrected chi connectivity index (χ4v) is 9.54. The van der Waals surface area contributed by atoms with Crippen LogP contribution in [0.5, 0.6) is 11.5 Å². The Morgan fingerprint density at radius 1 is 1.14 bits per heavy atom. The van der Waals surface area contributed by atoms with Gasteiger partial charge >= 0.3 is 0 Å². The number of phenols is 1. The first-order valence-corrected chi connectivity index (χ1v) is 13.6. The van der Waals surface area contributed by atoms with E-state index in [0.29, 0.717) is 11.8 Å². The van der Waals surface area contributed by atoms with Crippen molar-refractivity contribution in [2.45, 2.75) is 68.3 Å². The first kappa shape index (κ1) is 21.7. The molecular weight excluding hydrogens is 450 g/mol. The summed E-state index contributed by atoms with van der Waals surface area (Å²) in [5.74, 6) is 1.69. The molecule has 2 aromatic carbocycles. The maximum atomic E-state index is 12.1. The van der Waals surface area contributed by atoms with Gasteiger partial charge in [-0.1, -0.05) is 55.5 Å². The lowest BCUT2D eigenvalue weighted by molar-refractivity contribution is -0.270. The van der Waals surface area contributed by atoms with Crippen molar-refractivity contribution in [1.29, 1.82) is 0 Å². The Bertz CT molecular complexity index is 1290. The number of hydrogen-bond acceptors (Lipinski definition) is 5. The lowest BCUT2D eigenvalue weighted by atomic mass is 9.33. The number of ether oxygens (including phenoxy) is 2. The molecule has 5 aliphatic carbocycles. The number of fused-ring (bicyclic) bond motifs is 1. The van der Waals surface area contributed by atoms with Crippen molar-refractivity contribution in [3.05, 3.63) is 71.3 Å². The molecule has 3 fully saturated rings. The fourth-order valence-electron chi connectivity index (χ4n) is 9.54. The van der Waals surface area contributed by atoms with Gasteiger partial charge < -0.3 is 19.7 Å². The lowest BCUT2D eigenvalue weighted by Crippen LogP contribution is -2.81. The van der Waals surface area contributed by atoms with E-state index >= 15 is 0 Å². The van der Waals surface area contributed by atoms with Gasteiger partial charge in [0.05, 0.1) is 11.5 Å². The number of likely N-dealkylation sites (tertiary alicyclic amines) is 1. The van der Waals surface area contributed by atoms with Gasteiger partial charge in [0.2, 0.25) is 0 Å². The van der Waals surface area contributed by atoms with E-state index in [2.05, 4.69) is 30.0 Å². The monoisotopic (exact) mass is 485 g/mol. The molecule has 188 valence electrons. The molecule has 2 heterocycles. The summed E-state index contributed by atoms with van der Waals surface area (Å²) < 4.78 is 13.4. The van der Waals surface area contributed by atoms with Crippen LogP contribution in [-0.2, 0) is 16.6 Å². The van der Waals surface area contributed by atoms with Crippen molar-refractivity contribution in [3.8, 4) is 11.5 Å². The Labute approximate surface area is 212 Å². The second kappa shape index (κ2) is 6.75. The van der Waals surface area contributed by atoms with Crippen LogP contribution in [0.1, 0.15) is 55.4 Å². The number of aliphatic hydroxyl groups is 1. The number of aliphatic hydroxyl groups excluding tert-OH is 1. The Morgan fingerprint density at radius 2 is 1.94 bits per heavy atom. The van der Waals surface area contributed by atoms with E-state index in [1.54, 1.807) is 7.11 Å². The largest absolute Gasteiger partial charge is 0.504 e. The molecule has 4 bridgehead atoms. The van der Waals surface area contributed by atoms with Gasteiger partial charge in [0.1, 0.15) is 11.7 Å². The second-order valence-corrected chi connectivity index (χ2v) is 12.6. The van der Waals surface area contributed by atoms with Crippen LogP contribution in [-0.4, -0.2) is 53.1 Å². The van der Waals surface area contributed by atoms with Gasteiger partial charge in [-0.25, -0.2) is 0 Å². The third-order valence-electron chi connectivity index (χ3n) is 11.2. The molecule has 2 aliphatic heterocycles. The first-order chi connectivity index (χ1) is 17.4. The van der Waals surface area contributed by atoms with Crippen LogP contribution in [0.15, 0.2) is 54.6 Å². The van der Waals surface area contributed by atoms with Crippen LogP contribution in [0.4, 0.5) is 0 Å². The van der Waals surface area contributed by atoms with E-state index in [9.17, 15) is 10.2 Å². The van der Waals surface area contributed by atoms with Crippen LogP contribution < -0.4 is 4.74 Å². The first-order valence-electron chi connectivity index (χ1n) is 13.6. The average molecular weight is 486 g/mol. The minimum atomic E-state index is -0.826. The molecule has 2 spiro atoms. The molecule has 2 aromatic rings. The van der Waals surface area contributed by atoms with Gasteiger partial charge in [0.25, 0.3) is 0 Å². The Hall–Kier alpha value is -2.34. The van der Waals surface area contributed by atoms with Crippen molar-refractivity contribution in [2.24, 2.45) is 16.7 Å². The molecule has 7 aliphatic rings. The molecule has 0 unspecified atom stereocenters. The minimum Gasteiger partial charge on any atom is -0.504 e. The quantitative estimate of drug-likeness (QED) is 0.610. The van der Waals surface area contributed by atoms with E-state index in [4.69, 9.17) is 9.47 Å². The topological polar surface area (TPSA) is 62.2 Å². The van der Waals surface area contributed by atoms with Crippen molar-refractivity contribution >= 4 is 0 Å². The van der Waals surface area contributed by atoms with E-state index in [0.717, 1.165) is 43.8 Å². The average Bonchev–Trinajstić information content (AvgIpc) is 3.64. The predicted molar refractivity (Wildman–Crippen MR) is 136 cm³/mol. The third-order valence-corrected chi connectivity index (χ3v) is 11.2. The third kappa shape index (κ3) is 2.22. The maximum Gasteiger partial charge on any atom is 0.165 e. The number of hydrogen-bond donors (Lipinski definition) is 2. The minimum absolute atomic E-state index is 0.193. The second-order valence-electron chi connectivity index (χ2n) is 12.6. The van der Waals surface area contributed by atoms with Crippen LogP contribution in [0, 0.1) is 16.7 Å². The zero-order chi connectivity index (χ0) is 24.5. The van der Waals surface area contributed by atoms with Gasteiger partial charge in [0, 0.05) is 36.1 Å². The highest BCUT2D eigenvalue weighted by Crippen LogP contribution is 2.78. The summed E-state index contributed by atoms with van der Waals surface area (Å²) in [6, 6.07) is 14.3. The highest BCUT2D eigenvalue weighted by molar-refractivity contribution is 5.65. The molecule has 5 heteroatoms. The number of phenolic OH excluding ortho intramolecular Hbond substituents is 1. The Balaban J connectivity index is 1.38. The van der Waals surface area contributed by atoms with Gasteiger partial charge in [-0.05, 0) is 61.8 Å². The van der Waals surface area contributed by atoms with Crippen LogP contribution in [0.3, 0.4) is 0 Å². The normalized spacial score (nSPS) is 42.2. The highest BCUT2D eigenvalue weighted by atomic mass is 16.6. The summed E-state index contributed by atoms with van der Waals surface area (Å²) in [6.45, 7) is 4.41. The SMILES string of the molecule is CO[C@]12C=C[C@@]3(C[C@]1(C)[C@H](O)c1ccccc1)[C@H]1Cc4ccc(O)c5c4[C@@]3(CCN1CC1CC1)[C@H]2O5. The molecule has 5 nitrogen and oxygen atoms in total. The molecule has 1 saturated heterocycles. The maximum absolute atomic E-state index is 12.1. The molecule has 9 rings (SSSR count). The van der Waals surface area contributed by atoms with Crippen LogP contribution >= 0.6 is 0 Å². The number of methoxy groups -OCH3 is 1. The van der Waals surface area contributed by atoms with Gasteiger partial charge in [-0.2, -0.15) is 0 Å². The van der Waals surface area contributed by atoms with Crippen molar-refractivity contribution in [1.82, 2.24) is 4.90 Å². The number of piperidine rings is 1.